The molecule has 0 aromatic heterocycles. The lowest BCUT2D eigenvalue weighted by molar-refractivity contribution is -0.870. The van der Waals surface area contributed by atoms with Gasteiger partial charge in [0.05, 0.1) is 39.9 Å². The Morgan fingerprint density at radius 2 is 0.714 bits per heavy atom. The summed E-state index contributed by atoms with van der Waals surface area (Å²) in [7, 11) is 1.59. The lowest BCUT2D eigenvalue weighted by Crippen LogP contribution is -2.45. The maximum Gasteiger partial charge on any atom is 0.472 e. The number of hydrogen-bond acceptors (Lipinski definition) is 5. The normalized spacial score (nSPS) is 14.0. The van der Waals surface area contributed by atoms with Crippen molar-refractivity contribution in [3.8, 4) is 0 Å². The van der Waals surface area contributed by atoms with Crippen molar-refractivity contribution >= 4 is 13.7 Å². The molecule has 0 spiro atoms. The van der Waals surface area contributed by atoms with Gasteiger partial charge in [0.15, 0.2) is 0 Å². The number of rotatable bonds is 67. The molecule has 0 aliphatic rings. The van der Waals surface area contributed by atoms with Gasteiger partial charge in [-0.2, -0.15) is 0 Å². The Morgan fingerprint density at radius 3 is 1.05 bits per heavy atom. The third kappa shape index (κ3) is 67.4. The standard InChI is InChI=1S/C75H141N2O6P/c1-6-8-10-12-14-16-18-20-22-24-26-28-30-31-32-33-34-35-36-37-38-39-40-41-42-43-44-45-47-49-51-53-55-57-59-61-63-65-67-69-75(79)76-73(72-83-84(80,81)82-71-70-77(3,4)5)74(78)68-66-64-62-60-58-56-54-52-50-48-46-29-27-25-23-21-19-17-15-13-11-9-7-2/h8,10,14,16,20,22,26,28,31-32,66,68,73-74,78H,6-7,9,11-13,15,17-19,21,23-25,27,29-30,33-65,67,69-72H2,1-5H3,(H-,76,79,80,81)/p+1/b10-8-,16-14-,22-20-,28-26-,32-31-,68-66+. The van der Waals surface area contributed by atoms with Crippen molar-refractivity contribution in [3.63, 3.8) is 0 Å². The molecule has 492 valence electrons. The van der Waals surface area contributed by atoms with Crippen molar-refractivity contribution in [2.75, 3.05) is 40.9 Å². The van der Waals surface area contributed by atoms with Crippen molar-refractivity contribution in [2.45, 2.75) is 360 Å². The number of amides is 1. The zero-order valence-corrected chi connectivity index (χ0v) is 57.3. The van der Waals surface area contributed by atoms with E-state index in [1.807, 2.05) is 27.2 Å². The number of carbonyl (C=O) groups is 1. The Morgan fingerprint density at radius 1 is 0.417 bits per heavy atom. The fourth-order valence-corrected chi connectivity index (χ4v) is 11.6. The van der Waals surface area contributed by atoms with Crippen LogP contribution >= 0.6 is 7.82 Å². The van der Waals surface area contributed by atoms with Crippen LogP contribution in [0.1, 0.15) is 348 Å². The van der Waals surface area contributed by atoms with Crippen LogP contribution < -0.4 is 5.32 Å². The van der Waals surface area contributed by atoms with Gasteiger partial charge in [0.1, 0.15) is 13.2 Å². The van der Waals surface area contributed by atoms with E-state index in [0.29, 0.717) is 17.4 Å². The first-order valence-electron chi connectivity index (χ1n) is 36.3. The average Bonchev–Trinajstić information content (AvgIpc) is 3.56. The van der Waals surface area contributed by atoms with Crippen molar-refractivity contribution in [3.05, 3.63) is 72.9 Å². The first kappa shape index (κ1) is 81.9. The predicted molar refractivity (Wildman–Crippen MR) is 369 cm³/mol. The number of likely N-dealkylation sites (N-methyl/N-ethyl adjacent to an activating group) is 1. The van der Waals surface area contributed by atoms with Gasteiger partial charge in [-0.25, -0.2) is 4.57 Å². The van der Waals surface area contributed by atoms with Crippen molar-refractivity contribution in [1.82, 2.24) is 5.32 Å². The molecule has 8 nitrogen and oxygen atoms in total. The molecule has 3 atom stereocenters. The van der Waals surface area contributed by atoms with E-state index in [1.54, 1.807) is 6.08 Å². The molecule has 84 heavy (non-hydrogen) atoms. The Kier molecular flexibility index (Phi) is 63.8. The topological polar surface area (TPSA) is 105 Å². The molecule has 0 saturated heterocycles. The molecule has 3 unspecified atom stereocenters. The fraction of sp³-hybridized carbons (Fsp3) is 0.827. The zero-order chi connectivity index (χ0) is 61.2. The monoisotopic (exact) mass is 1200 g/mol. The molecule has 1 amide bonds. The van der Waals surface area contributed by atoms with Gasteiger partial charge in [-0.15, -0.1) is 0 Å². The zero-order valence-electron chi connectivity index (χ0n) is 56.4. The number of phosphoric ester groups is 1. The van der Waals surface area contributed by atoms with Gasteiger partial charge in [0.25, 0.3) is 0 Å². The number of allylic oxidation sites excluding steroid dienone is 11. The summed E-state index contributed by atoms with van der Waals surface area (Å²) < 4.78 is 23.8. The van der Waals surface area contributed by atoms with Gasteiger partial charge in [-0.3, -0.25) is 13.8 Å². The van der Waals surface area contributed by atoms with Crippen molar-refractivity contribution < 1.29 is 32.9 Å². The predicted octanol–water partition coefficient (Wildman–Crippen LogP) is 23.3. The molecule has 0 fully saturated rings. The third-order valence-corrected chi connectivity index (χ3v) is 17.4. The molecule has 0 heterocycles. The number of unbranched alkanes of at least 4 members (excludes halogenated alkanes) is 44. The number of aliphatic hydroxyl groups is 1. The lowest BCUT2D eigenvalue weighted by atomic mass is 10.0. The van der Waals surface area contributed by atoms with Crippen LogP contribution in [-0.2, 0) is 18.4 Å². The van der Waals surface area contributed by atoms with Crippen LogP contribution in [0.4, 0.5) is 0 Å². The van der Waals surface area contributed by atoms with E-state index in [9.17, 15) is 19.4 Å². The van der Waals surface area contributed by atoms with Crippen molar-refractivity contribution in [1.29, 1.82) is 0 Å². The summed E-state index contributed by atoms with van der Waals surface area (Å²) in [6.07, 6.45) is 92.0. The highest BCUT2D eigenvalue weighted by Gasteiger charge is 2.28. The number of phosphoric acid groups is 1. The minimum Gasteiger partial charge on any atom is -0.387 e. The summed E-state index contributed by atoms with van der Waals surface area (Å²) in [5, 5.41) is 14.0. The van der Waals surface area contributed by atoms with E-state index < -0.39 is 20.0 Å². The van der Waals surface area contributed by atoms with Gasteiger partial charge in [-0.05, 0) is 64.2 Å². The van der Waals surface area contributed by atoms with Gasteiger partial charge in [0.2, 0.25) is 5.91 Å². The summed E-state index contributed by atoms with van der Waals surface area (Å²) in [5.74, 6) is -0.171. The molecule has 3 N–H and O–H groups in total. The Hall–Kier alpha value is -2.06. The smallest absolute Gasteiger partial charge is 0.387 e. The first-order chi connectivity index (χ1) is 41.0. The highest BCUT2D eigenvalue weighted by molar-refractivity contribution is 7.47. The van der Waals surface area contributed by atoms with Crippen LogP contribution in [0.25, 0.3) is 0 Å². The molecule has 9 heteroatoms. The van der Waals surface area contributed by atoms with Crippen LogP contribution in [-0.4, -0.2) is 73.4 Å². The van der Waals surface area contributed by atoms with E-state index in [2.05, 4.69) is 79.9 Å². The largest absolute Gasteiger partial charge is 0.472 e. The second-order valence-electron chi connectivity index (χ2n) is 25.9. The summed E-state index contributed by atoms with van der Waals surface area (Å²) in [6, 6.07) is -0.848. The number of hydrogen-bond donors (Lipinski definition) is 3. The molecule has 0 aliphatic carbocycles. The van der Waals surface area contributed by atoms with Crippen LogP contribution in [0.3, 0.4) is 0 Å². The quantitative estimate of drug-likeness (QED) is 0.0243. The molecule has 0 saturated carbocycles. The van der Waals surface area contributed by atoms with Crippen LogP contribution in [0.2, 0.25) is 0 Å². The van der Waals surface area contributed by atoms with Crippen molar-refractivity contribution in [2.24, 2.45) is 0 Å². The van der Waals surface area contributed by atoms with E-state index in [4.69, 9.17) is 9.05 Å². The summed E-state index contributed by atoms with van der Waals surface area (Å²) >= 11 is 0. The molecule has 0 rings (SSSR count). The Balaban J connectivity index is 3.97. The van der Waals surface area contributed by atoms with Gasteiger partial charge in [0, 0.05) is 6.42 Å². The third-order valence-electron chi connectivity index (χ3n) is 16.4. The number of nitrogens with zero attached hydrogens (tertiary/aromatic N) is 1. The highest BCUT2D eigenvalue weighted by Crippen LogP contribution is 2.43. The first-order valence-corrected chi connectivity index (χ1v) is 37.8. The second kappa shape index (κ2) is 65.4. The molecule has 0 aliphatic heterocycles. The van der Waals surface area contributed by atoms with Crippen LogP contribution in [0, 0.1) is 0 Å². The highest BCUT2D eigenvalue weighted by atomic mass is 31.2. The minimum atomic E-state index is -4.35. The van der Waals surface area contributed by atoms with Crippen LogP contribution in [0.5, 0.6) is 0 Å². The van der Waals surface area contributed by atoms with Gasteiger partial charge in [-0.1, -0.05) is 350 Å². The van der Waals surface area contributed by atoms with E-state index in [0.717, 1.165) is 70.6 Å². The maximum atomic E-state index is 13.1. The van der Waals surface area contributed by atoms with E-state index in [1.165, 1.54) is 257 Å². The van der Waals surface area contributed by atoms with Gasteiger partial charge < -0.3 is 19.8 Å². The van der Waals surface area contributed by atoms with Gasteiger partial charge >= 0.3 is 7.82 Å². The number of nitrogens with one attached hydrogen (secondary N) is 1. The Bertz CT molecular complexity index is 1600. The molecular weight excluding hydrogens is 1060 g/mol. The average molecular weight is 1200 g/mol. The fourth-order valence-electron chi connectivity index (χ4n) is 10.8. The molecular formula is C75H142N2O6P+. The van der Waals surface area contributed by atoms with Crippen LogP contribution in [0.15, 0.2) is 72.9 Å². The Labute approximate surface area is 523 Å². The summed E-state index contributed by atoms with van der Waals surface area (Å²) in [4.78, 5) is 23.4. The maximum absolute atomic E-state index is 13.1. The second-order valence-corrected chi connectivity index (χ2v) is 27.4. The number of carbonyl (C=O) groups excluding carboxylic acids is 1. The van der Waals surface area contributed by atoms with E-state index >= 15 is 0 Å². The SMILES string of the molecule is CC/C=C\C/C=C\C/C=C\C/C=C\C/C=C\CCCCCCCCCCCCCCCCCCCCCCCCCC(=O)NC(COP(=O)(O)OCC[N+](C)(C)C)C(O)/C=C/CCCCCCCCCCCCCCCCCCCCCCC. The summed E-state index contributed by atoms with van der Waals surface area (Å²) in [5.41, 5.74) is 0. The molecule has 0 aromatic carbocycles. The molecule has 0 aromatic rings. The number of quaternary nitrogens is 1. The summed E-state index contributed by atoms with van der Waals surface area (Å²) in [6.45, 7) is 4.75. The van der Waals surface area contributed by atoms with E-state index in [-0.39, 0.29) is 19.1 Å². The molecule has 0 radical (unpaired) electrons. The molecule has 0 bridgehead atoms. The lowest BCUT2D eigenvalue weighted by Gasteiger charge is -2.25. The number of aliphatic hydroxyl groups excluding tert-OH is 1. The minimum absolute atomic E-state index is 0.0624.